The fourth-order valence-electron chi connectivity index (χ4n) is 2.26. The number of thiocarbonyl (C=S) groups is 1. The number of halogens is 3. The van der Waals surface area contributed by atoms with Gasteiger partial charge in [0.25, 0.3) is 0 Å². The van der Waals surface area contributed by atoms with Gasteiger partial charge in [-0.25, -0.2) is 0 Å². The number of nitrogens with two attached hydrogens (primary N) is 1. The maximum Gasteiger partial charge on any atom is 0.399 e. The molecule has 6 heteroatoms. The maximum atomic E-state index is 12.7. The Hall–Kier alpha value is -0.360. The van der Waals surface area contributed by atoms with Crippen LogP contribution in [0.25, 0.3) is 0 Å². The van der Waals surface area contributed by atoms with E-state index in [1.807, 2.05) is 4.90 Å². The lowest BCUT2D eigenvalue weighted by Gasteiger charge is -2.34. The molecule has 0 aromatic carbocycles. The van der Waals surface area contributed by atoms with Crippen molar-refractivity contribution in [1.29, 1.82) is 0 Å². The molecule has 0 saturated carbocycles. The molecular formula is C11H19F3N2S. The van der Waals surface area contributed by atoms with Gasteiger partial charge in [0.15, 0.2) is 0 Å². The van der Waals surface area contributed by atoms with Gasteiger partial charge in [0.05, 0.1) is 4.99 Å². The minimum atomic E-state index is -4.33. The SMILES string of the molecule is CCC1CCCN(CC(C(N)=S)C(F)(F)F)C1. The first-order chi connectivity index (χ1) is 7.84. The van der Waals surface area contributed by atoms with Gasteiger partial charge in [0, 0.05) is 13.1 Å². The first-order valence-corrected chi connectivity index (χ1v) is 6.33. The molecule has 2 nitrogen and oxygen atoms in total. The van der Waals surface area contributed by atoms with E-state index in [0.29, 0.717) is 12.5 Å². The first-order valence-electron chi connectivity index (χ1n) is 5.93. The maximum absolute atomic E-state index is 12.7. The minimum Gasteiger partial charge on any atom is -0.393 e. The summed E-state index contributed by atoms with van der Waals surface area (Å²) in [5, 5.41) is 0. The Morgan fingerprint density at radius 2 is 2.18 bits per heavy atom. The van der Waals surface area contributed by atoms with Crippen LogP contribution in [0.5, 0.6) is 0 Å². The highest BCUT2D eigenvalue weighted by molar-refractivity contribution is 7.80. The van der Waals surface area contributed by atoms with Crippen LogP contribution < -0.4 is 5.73 Å². The van der Waals surface area contributed by atoms with Crippen molar-refractivity contribution in [3.63, 3.8) is 0 Å². The summed E-state index contributed by atoms with van der Waals surface area (Å²) in [6.07, 6.45) is -1.25. The van der Waals surface area contributed by atoms with Gasteiger partial charge in [-0.15, -0.1) is 0 Å². The third-order valence-corrected chi connectivity index (χ3v) is 3.64. The van der Waals surface area contributed by atoms with Crippen molar-refractivity contribution in [1.82, 2.24) is 4.90 Å². The Bertz CT molecular complexity index is 268. The predicted molar refractivity (Wildman–Crippen MR) is 65.8 cm³/mol. The summed E-state index contributed by atoms with van der Waals surface area (Å²) >= 11 is 4.52. The zero-order chi connectivity index (χ0) is 13.1. The molecule has 0 aliphatic carbocycles. The molecule has 2 N–H and O–H groups in total. The Labute approximate surface area is 105 Å². The van der Waals surface area contributed by atoms with E-state index in [0.717, 1.165) is 25.8 Å². The lowest BCUT2D eigenvalue weighted by molar-refractivity contribution is -0.160. The Morgan fingerprint density at radius 1 is 1.53 bits per heavy atom. The van der Waals surface area contributed by atoms with Crippen molar-refractivity contribution < 1.29 is 13.2 Å². The summed E-state index contributed by atoms with van der Waals surface area (Å²) in [6, 6.07) is 0. The molecule has 1 saturated heterocycles. The van der Waals surface area contributed by atoms with E-state index in [1.54, 1.807) is 0 Å². The fourth-order valence-corrected chi connectivity index (χ4v) is 2.47. The highest BCUT2D eigenvalue weighted by Gasteiger charge is 2.42. The molecule has 0 spiro atoms. The molecule has 2 unspecified atom stereocenters. The number of piperidine rings is 1. The van der Waals surface area contributed by atoms with Crippen molar-refractivity contribution in [3.05, 3.63) is 0 Å². The van der Waals surface area contributed by atoms with Crippen LogP contribution in [0.4, 0.5) is 13.2 Å². The third kappa shape index (κ3) is 4.43. The summed E-state index contributed by atoms with van der Waals surface area (Å²) < 4.78 is 38.1. The second-order valence-corrected chi connectivity index (χ2v) is 5.14. The summed E-state index contributed by atoms with van der Waals surface area (Å²) in [7, 11) is 0. The van der Waals surface area contributed by atoms with Crippen LogP contribution in [0, 0.1) is 11.8 Å². The molecule has 1 aliphatic heterocycles. The number of alkyl halides is 3. The lowest BCUT2D eigenvalue weighted by Crippen LogP contribution is -2.46. The van der Waals surface area contributed by atoms with Gasteiger partial charge in [0.2, 0.25) is 0 Å². The highest BCUT2D eigenvalue weighted by Crippen LogP contribution is 2.29. The highest BCUT2D eigenvalue weighted by atomic mass is 32.1. The van der Waals surface area contributed by atoms with Gasteiger partial charge in [0.1, 0.15) is 5.92 Å². The lowest BCUT2D eigenvalue weighted by atomic mass is 9.94. The summed E-state index contributed by atoms with van der Waals surface area (Å²) in [6.45, 7) is 3.43. The van der Waals surface area contributed by atoms with Crippen molar-refractivity contribution in [2.75, 3.05) is 19.6 Å². The van der Waals surface area contributed by atoms with Crippen LogP contribution >= 0.6 is 12.2 Å². The first kappa shape index (κ1) is 14.7. The van der Waals surface area contributed by atoms with E-state index < -0.39 is 17.1 Å². The number of rotatable bonds is 4. The molecule has 1 fully saturated rings. The van der Waals surface area contributed by atoms with Gasteiger partial charge in [-0.1, -0.05) is 25.6 Å². The van der Waals surface area contributed by atoms with E-state index in [-0.39, 0.29) is 6.54 Å². The average Bonchev–Trinajstić information content (AvgIpc) is 2.24. The third-order valence-electron chi connectivity index (χ3n) is 3.36. The van der Waals surface area contributed by atoms with Gasteiger partial charge in [-0.05, 0) is 25.3 Å². The summed E-state index contributed by atoms with van der Waals surface area (Å²) in [5.41, 5.74) is 5.19. The second kappa shape index (κ2) is 6.00. The number of nitrogens with zero attached hydrogens (tertiary/aromatic N) is 1. The van der Waals surface area contributed by atoms with Crippen molar-refractivity contribution in [2.24, 2.45) is 17.6 Å². The van der Waals surface area contributed by atoms with Crippen LogP contribution in [0.1, 0.15) is 26.2 Å². The second-order valence-electron chi connectivity index (χ2n) is 4.67. The molecule has 0 amide bonds. The fraction of sp³-hybridized carbons (Fsp3) is 0.909. The van der Waals surface area contributed by atoms with E-state index >= 15 is 0 Å². The van der Waals surface area contributed by atoms with Gasteiger partial charge in [-0.2, -0.15) is 13.2 Å². The van der Waals surface area contributed by atoms with Gasteiger partial charge in [-0.3, -0.25) is 0 Å². The topological polar surface area (TPSA) is 29.3 Å². The Morgan fingerprint density at radius 3 is 2.65 bits per heavy atom. The molecule has 0 bridgehead atoms. The summed E-state index contributed by atoms with van der Waals surface area (Å²) in [5.74, 6) is -1.17. The number of hydrogen-bond acceptors (Lipinski definition) is 2. The standard InChI is InChI=1S/C11H19F3N2S/c1-2-8-4-3-5-16(6-8)7-9(10(15)17)11(12,13)14/h8-9H,2-7H2,1H3,(H2,15,17). The molecule has 17 heavy (non-hydrogen) atoms. The van der Waals surface area contributed by atoms with Crippen LogP contribution in [-0.2, 0) is 0 Å². The van der Waals surface area contributed by atoms with Gasteiger partial charge >= 0.3 is 6.18 Å². The molecule has 100 valence electrons. The molecule has 0 aromatic heterocycles. The van der Waals surface area contributed by atoms with Gasteiger partial charge < -0.3 is 10.6 Å². The quantitative estimate of drug-likeness (QED) is 0.795. The van der Waals surface area contributed by atoms with Crippen molar-refractivity contribution in [2.45, 2.75) is 32.4 Å². The minimum absolute atomic E-state index is 0.0880. The molecular weight excluding hydrogens is 249 g/mol. The zero-order valence-corrected chi connectivity index (χ0v) is 10.8. The number of hydrogen-bond donors (Lipinski definition) is 1. The predicted octanol–water partition coefficient (Wildman–Crippen LogP) is 2.57. The van der Waals surface area contributed by atoms with Crippen molar-refractivity contribution >= 4 is 17.2 Å². The van der Waals surface area contributed by atoms with Crippen LogP contribution in [0.3, 0.4) is 0 Å². The molecule has 1 heterocycles. The average molecular weight is 268 g/mol. The van der Waals surface area contributed by atoms with E-state index in [2.05, 4.69) is 19.1 Å². The van der Waals surface area contributed by atoms with E-state index in [1.165, 1.54) is 0 Å². The van der Waals surface area contributed by atoms with Crippen LogP contribution in [0.15, 0.2) is 0 Å². The van der Waals surface area contributed by atoms with Crippen molar-refractivity contribution in [3.8, 4) is 0 Å². The molecule has 0 aromatic rings. The van der Waals surface area contributed by atoms with Crippen LogP contribution in [0.2, 0.25) is 0 Å². The molecule has 1 aliphatic rings. The summed E-state index contributed by atoms with van der Waals surface area (Å²) in [4.78, 5) is 1.39. The monoisotopic (exact) mass is 268 g/mol. The molecule has 2 atom stereocenters. The van der Waals surface area contributed by atoms with E-state index in [9.17, 15) is 13.2 Å². The molecule has 0 radical (unpaired) electrons. The zero-order valence-electron chi connectivity index (χ0n) is 9.96. The van der Waals surface area contributed by atoms with E-state index in [4.69, 9.17) is 5.73 Å². The normalized spacial score (nSPS) is 24.6. The smallest absolute Gasteiger partial charge is 0.393 e. The van der Waals surface area contributed by atoms with Crippen LogP contribution in [-0.4, -0.2) is 35.7 Å². The largest absolute Gasteiger partial charge is 0.399 e. The number of likely N-dealkylation sites (tertiary alicyclic amines) is 1. The molecule has 1 rings (SSSR count). The Balaban J connectivity index is 2.58. The Kier molecular flexibility index (Phi) is 5.19.